The molecule has 0 amide bonds. The summed E-state index contributed by atoms with van der Waals surface area (Å²) < 4.78 is 0. The number of hydrogen-bond donors (Lipinski definition) is 0. The van der Waals surface area contributed by atoms with Gasteiger partial charge in [-0.1, -0.05) is 0 Å². The van der Waals surface area contributed by atoms with E-state index in [0.29, 0.717) is 6.29 Å². The fraction of sp³-hybridized carbons (Fsp3) is 0.333. The molecule has 0 unspecified atom stereocenters. The van der Waals surface area contributed by atoms with Gasteiger partial charge in [-0.15, -0.1) is 5.73 Å². The van der Waals surface area contributed by atoms with E-state index in [9.17, 15) is 4.79 Å². The Kier molecular flexibility index (Phi) is 2.99. The van der Waals surface area contributed by atoms with Crippen molar-refractivity contribution in [2.24, 2.45) is 0 Å². The van der Waals surface area contributed by atoms with Gasteiger partial charge in [0.2, 0.25) is 0 Å². The van der Waals surface area contributed by atoms with Crippen molar-refractivity contribution in [2.75, 3.05) is 0 Å². The van der Waals surface area contributed by atoms with Crippen LogP contribution in [0.2, 0.25) is 0 Å². The zero-order chi connectivity index (χ0) is 5.70. The number of carbonyl (C=O) groups is 1. The predicted octanol–water partition coefficient (Wildman–Crippen LogP) is 1.31. The lowest BCUT2D eigenvalue weighted by Gasteiger charge is -1.69. The Morgan fingerprint density at radius 1 is 1.57 bits per heavy atom. The van der Waals surface area contributed by atoms with Gasteiger partial charge in [0.1, 0.15) is 0 Å². The first kappa shape index (κ1) is 6.19. The third kappa shape index (κ3) is 5.19. The van der Waals surface area contributed by atoms with Crippen molar-refractivity contribution < 1.29 is 4.79 Å². The van der Waals surface area contributed by atoms with E-state index in [-0.39, 0.29) is 0 Å². The first-order valence-electron chi connectivity index (χ1n) is 2.11. The molecule has 0 aromatic heterocycles. The molecule has 1 nitrogen and oxygen atoms in total. The van der Waals surface area contributed by atoms with Crippen molar-refractivity contribution in [1.29, 1.82) is 0 Å². The molecule has 0 aliphatic heterocycles. The molecule has 0 aromatic carbocycles. The fourth-order valence-electron chi connectivity index (χ4n) is 0.201. The highest BCUT2D eigenvalue weighted by atomic mass is 16.1. The average Bonchev–Trinajstić information content (AvgIpc) is 1.61. The Bertz CT molecular complexity index is 112. The van der Waals surface area contributed by atoms with Gasteiger partial charge in [0.05, 0.1) is 0 Å². The number of carbonyl (C=O) groups excluding carboxylic acids is 1. The van der Waals surface area contributed by atoms with Gasteiger partial charge in [-0.3, -0.25) is 4.79 Å². The van der Waals surface area contributed by atoms with Crippen LogP contribution in [0.1, 0.15) is 13.8 Å². The van der Waals surface area contributed by atoms with Crippen LogP contribution in [-0.2, 0) is 4.79 Å². The van der Waals surface area contributed by atoms with Gasteiger partial charge in [0, 0.05) is 6.08 Å². The molecule has 7 heavy (non-hydrogen) atoms. The molecule has 0 fully saturated rings. The number of rotatable bonds is 1. The number of allylic oxidation sites excluding steroid dienone is 1. The Hall–Kier alpha value is -0.810. The van der Waals surface area contributed by atoms with E-state index in [1.807, 2.05) is 13.8 Å². The lowest BCUT2D eigenvalue weighted by Crippen LogP contribution is -1.56. The summed E-state index contributed by atoms with van der Waals surface area (Å²) in [6.45, 7) is 3.78. The Morgan fingerprint density at radius 2 is 2.14 bits per heavy atom. The monoisotopic (exact) mass is 96.1 g/mol. The molecule has 0 heterocycles. The maximum Gasteiger partial charge on any atom is 0.150 e. The fourth-order valence-corrected chi connectivity index (χ4v) is 0.201. The molecule has 0 radical (unpaired) electrons. The van der Waals surface area contributed by atoms with Crippen LogP contribution in [0.15, 0.2) is 17.4 Å². The topological polar surface area (TPSA) is 17.1 Å². The largest absolute Gasteiger partial charge is 0.298 e. The summed E-state index contributed by atoms with van der Waals surface area (Å²) in [6.07, 6.45) is 2.07. The molecule has 38 valence electrons. The molecular formula is C6H8O. The van der Waals surface area contributed by atoms with Crippen molar-refractivity contribution in [3.05, 3.63) is 17.4 Å². The van der Waals surface area contributed by atoms with Gasteiger partial charge in [-0.25, -0.2) is 0 Å². The minimum atomic E-state index is 0.715. The Morgan fingerprint density at radius 3 is 2.29 bits per heavy atom. The van der Waals surface area contributed by atoms with Crippen molar-refractivity contribution in [3.63, 3.8) is 0 Å². The average molecular weight is 96.1 g/mol. The number of aldehydes is 1. The molecule has 0 rings (SSSR count). The van der Waals surface area contributed by atoms with E-state index < -0.39 is 0 Å². The minimum absolute atomic E-state index is 0.715. The summed E-state index contributed by atoms with van der Waals surface area (Å²) in [5.41, 5.74) is 3.74. The highest BCUT2D eigenvalue weighted by Crippen LogP contribution is 1.80. The summed E-state index contributed by atoms with van der Waals surface area (Å²) in [6, 6.07) is 0. The van der Waals surface area contributed by atoms with Crippen molar-refractivity contribution in [1.82, 2.24) is 0 Å². The summed E-state index contributed by atoms with van der Waals surface area (Å²) in [4.78, 5) is 9.58. The molecule has 0 N–H and O–H groups in total. The second kappa shape index (κ2) is 3.38. The summed E-state index contributed by atoms with van der Waals surface area (Å²) in [5.74, 6) is 0. The summed E-state index contributed by atoms with van der Waals surface area (Å²) in [7, 11) is 0. The Labute approximate surface area is 43.3 Å². The van der Waals surface area contributed by atoms with E-state index >= 15 is 0 Å². The summed E-state index contributed by atoms with van der Waals surface area (Å²) in [5, 5.41) is 0. The van der Waals surface area contributed by atoms with Crippen molar-refractivity contribution in [2.45, 2.75) is 13.8 Å². The van der Waals surface area contributed by atoms with E-state index in [0.717, 1.165) is 5.57 Å². The van der Waals surface area contributed by atoms with E-state index in [2.05, 4.69) is 5.73 Å². The van der Waals surface area contributed by atoms with E-state index in [4.69, 9.17) is 0 Å². The van der Waals surface area contributed by atoms with Crippen LogP contribution in [0.25, 0.3) is 0 Å². The van der Waals surface area contributed by atoms with E-state index in [1.165, 1.54) is 6.08 Å². The molecule has 0 aliphatic carbocycles. The zero-order valence-corrected chi connectivity index (χ0v) is 4.56. The maximum absolute atomic E-state index is 9.58. The predicted molar refractivity (Wildman–Crippen MR) is 29.0 cm³/mol. The standard InChI is InChI=1S/C6H8O/c1-6(2)4-3-5-7/h3,5H,1-2H3. The van der Waals surface area contributed by atoms with E-state index in [1.54, 1.807) is 0 Å². The highest BCUT2D eigenvalue weighted by Gasteiger charge is 1.63. The molecule has 0 bridgehead atoms. The van der Waals surface area contributed by atoms with Gasteiger partial charge in [0.15, 0.2) is 6.29 Å². The van der Waals surface area contributed by atoms with Crippen LogP contribution in [0.3, 0.4) is 0 Å². The van der Waals surface area contributed by atoms with Gasteiger partial charge in [-0.2, -0.15) is 0 Å². The molecule has 1 heteroatoms. The third-order valence-corrected chi connectivity index (χ3v) is 0.440. The van der Waals surface area contributed by atoms with Crippen LogP contribution in [-0.4, -0.2) is 6.29 Å². The quantitative estimate of drug-likeness (QED) is 0.273. The minimum Gasteiger partial charge on any atom is -0.298 e. The van der Waals surface area contributed by atoms with Crippen molar-refractivity contribution in [3.8, 4) is 0 Å². The molecule has 0 aromatic rings. The van der Waals surface area contributed by atoms with Gasteiger partial charge in [-0.05, 0) is 19.4 Å². The zero-order valence-electron chi connectivity index (χ0n) is 4.56. The van der Waals surface area contributed by atoms with Crippen LogP contribution < -0.4 is 0 Å². The van der Waals surface area contributed by atoms with Crippen LogP contribution >= 0.6 is 0 Å². The van der Waals surface area contributed by atoms with Gasteiger partial charge in [0.25, 0.3) is 0 Å². The second-order valence-corrected chi connectivity index (χ2v) is 1.45. The lowest BCUT2D eigenvalue weighted by molar-refractivity contribution is -0.104. The van der Waals surface area contributed by atoms with Crippen LogP contribution in [0.4, 0.5) is 0 Å². The molecule has 0 atom stereocenters. The van der Waals surface area contributed by atoms with Crippen LogP contribution in [0, 0.1) is 0 Å². The first-order chi connectivity index (χ1) is 3.27. The first-order valence-corrected chi connectivity index (χ1v) is 2.11. The highest BCUT2D eigenvalue weighted by molar-refractivity contribution is 5.64. The molecular weight excluding hydrogens is 88.1 g/mol. The van der Waals surface area contributed by atoms with Crippen molar-refractivity contribution >= 4 is 6.29 Å². The molecule has 0 saturated carbocycles. The molecule has 0 aliphatic rings. The Balaban J connectivity index is 3.86. The second-order valence-electron chi connectivity index (χ2n) is 1.45. The van der Waals surface area contributed by atoms with Gasteiger partial charge < -0.3 is 0 Å². The third-order valence-electron chi connectivity index (χ3n) is 0.440. The normalized spacial score (nSPS) is 6.57. The lowest BCUT2D eigenvalue weighted by atomic mass is 10.4. The maximum atomic E-state index is 9.58. The number of hydrogen-bond acceptors (Lipinski definition) is 1. The smallest absolute Gasteiger partial charge is 0.150 e. The van der Waals surface area contributed by atoms with Gasteiger partial charge >= 0.3 is 0 Å². The molecule has 0 saturated heterocycles. The summed E-state index contributed by atoms with van der Waals surface area (Å²) >= 11 is 0. The SMILES string of the molecule is CC(C)=C=CC=O. The molecule has 0 spiro atoms. The van der Waals surface area contributed by atoms with Crippen LogP contribution in [0.5, 0.6) is 0 Å².